The quantitative estimate of drug-likeness (QED) is 0.468. The summed E-state index contributed by atoms with van der Waals surface area (Å²) in [5, 5.41) is 2.83. The molecule has 0 saturated carbocycles. The van der Waals surface area contributed by atoms with Crippen LogP contribution in [-0.4, -0.2) is 76.6 Å². The highest BCUT2D eigenvalue weighted by Gasteiger charge is 2.16. The van der Waals surface area contributed by atoms with Crippen molar-refractivity contribution in [2.24, 2.45) is 0 Å². The molecule has 3 aromatic carbocycles. The van der Waals surface area contributed by atoms with Crippen molar-refractivity contribution in [3.8, 4) is 11.5 Å². The molecule has 1 amide bonds. The van der Waals surface area contributed by atoms with Gasteiger partial charge in [-0.25, -0.2) is 0 Å². The minimum atomic E-state index is -2.90. The van der Waals surface area contributed by atoms with Crippen LogP contribution in [0, 0.1) is 0 Å². The number of halogens is 2. The van der Waals surface area contributed by atoms with Crippen LogP contribution in [0.15, 0.2) is 66.7 Å². The molecule has 1 fully saturated rings. The summed E-state index contributed by atoms with van der Waals surface area (Å²) in [6, 6.07) is 20.6. The Morgan fingerprint density at radius 3 is 2.44 bits per heavy atom. The highest BCUT2D eigenvalue weighted by atomic mass is 19.3. The van der Waals surface area contributed by atoms with Crippen molar-refractivity contribution in [2.45, 2.75) is 19.6 Å². The Bertz CT molecular complexity index is 1280. The number of rotatable bonds is 6. The zero-order valence-corrected chi connectivity index (χ0v) is 22.9. The van der Waals surface area contributed by atoms with Gasteiger partial charge in [-0.3, -0.25) is 9.69 Å². The van der Waals surface area contributed by atoms with Gasteiger partial charge in [0, 0.05) is 49.5 Å². The SMILES string of the molecule is O=C(CN1CCOCCOc2ccc(N3CCOCC3)cc2Cc2cccc(c2)C1)Nc1ccc(OC(F)F)cc1. The predicted molar refractivity (Wildman–Crippen MR) is 152 cm³/mol. The Labute approximate surface area is 238 Å². The third-order valence-electron chi connectivity index (χ3n) is 6.98. The fourth-order valence-corrected chi connectivity index (χ4v) is 5.02. The van der Waals surface area contributed by atoms with E-state index in [-0.39, 0.29) is 18.2 Å². The molecule has 5 rings (SSSR count). The number of amides is 1. The van der Waals surface area contributed by atoms with Crippen molar-refractivity contribution in [3.05, 3.63) is 83.4 Å². The summed E-state index contributed by atoms with van der Waals surface area (Å²) in [7, 11) is 0. The number of ether oxygens (including phenoxy) is 4. The summed E-state index contributed by atoms with van der Waals surface area (Å²) in [6.07, 6.45) is 0.716. The molecule has 1 N–H and O–H groups in total. The van der Waals surface area contributed by atoms with E-state index < -0.39 is 6.61 Å². The summed E-state index contributed by atoms with van der Waals surface area (Å²) >= 11 is 0. The molecular weight excluding hydrogens is 532 g/mol. The number of carbonyl (C=O) groups excluding carboxylic acids is 1. The van der Waals surface area contributed by atoms with Crippen LogP contribution >= 0.6 is 0 Å². The van der Waals surface area contributed by atoms with Gasteiger partial charge >= 0.3 is 6.61 Å². The average molecular weight is 568 g/mol. The minimum absolute atomic E-state index is 0.0359. The molecule has 0 aromatic heterocycles. The van der Waals surface area contributed by atoms with Gasteiger partial charge in [0.15, 0.2) is 0 Å². The standard InChI is InChI=1S/C31H35F2N3O5/c32-31(33)41-28-7-4-26(5-8-28)34-30(37)22-35-10-13-39-16-17-40-29-9-6-27(36-11-14-38-15-12-36)20-25(29)19-23-2-1-3-24(18-23)21-35/h1-9,18,20,31H,10-17,19,21-22H2,(H,34,37). The van der Waals surface area contributed by atoms with Gasteiger partial charge in [0.2, 0.25) is 5.91 Å². The van der Waals surface area contributed by atoms with Crippen LogP contribution in [0.1, 0.15) is 16.7 Å². The molecule has 0 atom stereocenters. The second-order valence-corrected chi connectivity index (χ2v) is 10.0. The van der Waals surface area contributed by atoms with Crippen LogP contribution in [0.25, 0.3) is 0 Å². The van der Waals surface area contributed by atoms with E-state index in [9.17, 15) is 13.6 Å². The molecule has 10 heteroatoms. The number of alkyl halides is 2. The number of nitrogens with zero attached hydrogens (tertiary/aromatic N) is 2. The second kappa shape index (κ2) is 14.2. The number of benzene rings is 3. The number of nitrogens with one attached hydrogen (secondary N) is 1. The van der Waals surface area contributed by atoms with Gasteiger partial charge < -0.3 is 29.2 Å². The molecule has 41 heavy (non-hydrogen) atoms. The van der Waals surface area contributed by atoms with E-state index in [2.05, 4.69) is 51.4 Å². The van der Waals surface area contributed by atoms with E-state index in [1.54, 1.807) is 0 Å². The van der Waals surface area contributed by atoms with Crippen LogP contribution in [0.5, 0.6) is 11.5 Å². The van der Waals surface area contributed by atoms with Crippen LogP contribution in [0.4, 0.5) is 20.2 Å². The third kappa shape index (κ3) is 8.63. The highest BCUT2D eigenvalue weighted by molar-refractivity contribution is 5.92. The first-order chi connectivity index (χ1) is 20.0. The topological polar surface area (TPSA) is 72.5 Å². The van der Waals surface area contributed by atoms with E-state index in [1.165, 1.54) is 24.3 Å². The molecule has 1 saturated heterocycles. The first kappa shape index (κ1) is 28.8. The fourth-order valence-electron chi connectivity index (χ4n) is 5.02. The smallest absolute Gasteiger partial charge is 0.387 e. The van der Waals surface area contributed by atoms with Crippen LogP contribution in [0.3, 0.4) is 0 Å². The lowest BCUT2D eigenvalue weighted by atomic mass is 10.0. The Morgan fingerprint density at radius 2 is 1.63 bits per heavy atom. The molecule has 2 heterocycles. The maximum Gasteiger partial charge on any atom is 0.387 e. The van der Waals surface area contributed by atoms with Crippen molar-refractivity contribution in [1.82, 2.24) is 4.90 Å². The fraction of sp³-hybridized carbons (Fsp3) is 0.387. The minimum Gasteiger partial charge on any atom is -0.491 e. The molecule has 3 aromatic rings. The van der Waals surface area contributed by atoms with Crippen molar-refractivity contribution >= 4 is 17.3 Å². The molecule has 0 radical (unpaired) electrons. The van der Waals surface area contributed by atoms with Gasteiger partial charge in [-0.05, 0) is 53.6 Å². The van der Waals surface area contributed by atoms with Crippen molar-refractivity contribution in [1.29, 1.82) is 0 Å². The van der Waals surface area contributed by atoms with Gasteiger partial charge in [-0.2, -0.15) is 8.78 Å². The zero-order valence-electron chi connectivity index (χ0n) is 22.9. The predicted octanol–water partition coefficient (Wildman–Crippen LogP) is 4.57. The molecule has 0 aliphatic carbocycles. The molecule has 218 valence electrons. The molecular formula is C31H35F2N3O5. The molecule has 0 spiro atoms. The number of hydrogen-bond donors (Lipinski definition) is 1. The van der Waals surface area contributed by atoms with Gasteiger partial charge in [-0.1, -0.05) is 24.3 Å². The van der Waals surface area contributed by atoms with Gasteiger partial charge in [0.1, 0.15) is 18.1 Å². The van der Waals surface area contributed by atoms with Crippen molar-refractivity contribution < 1.29 is 32.5 Å². The second-order valence-electron chi connectivity index (χ2n) is 10.0. The Balaban J connectivity index is 1.28. The first-order valence-corrected chi connectivity index (χ1v) is 13.8. The highest BCUT2D eigenvalue weighted by Crippen LogP contribution is 2.29. The number of anilines is 2. The third-order valence-corrected chi connectivity index (χ3v) is 6.98. The lowest BCUT2D eigenvalue weighted by molar-refractivity contribution is -0.117. The van der Waals surface area contributed by atoms with E-state index >= 15 is 0 Å². The monoisotopic (exact) mass is 567 g/mol. The number of fused-ring (bicyclic) bond motifs is 3. The Morgan fingerprint density at radius 1 is 0.878 bits per heavy atom. The van der Waals surface area contributed by atoms with Gasteiger partial charge in [0.05, 0.1) is 33.0 Å². The van der Waals surface area contributed by atoms with Gasteiger partial charge in [-0.15, -0.1) is 0 Å². The normalized spacial score (nSPS) is 16.8. The summed E-state index contributed by atoms with van der Waals surface area (Å²) < 4.78 is 46.7. The van der Waals surface area contributed by atoms with Crippen LogP contribution in [-0.2, 0) is 27.2 Å². The molecule has 2 aliphatic rings. The molecule has 2 aliphatic heterocycles. The number of morpholine rings is 1. The number of hydrogen-bond acceptors (Lipinski definition) is 7. The first-order valence-electron chi connectivity index (χ1n) is 13.8. The zero-order chi connectivity index (χ0) is 28.4. The summed E-state index contributed by atoms with van der Waals surface area (Å²) in [6.45, 7) is 2.86. The van der Waals surface area contributed by atoms with Crippen molar-refractivity contribution in [2.75, 3.05) is 69.4 Å². The molecule has 0 unspecified atom stereocenters. The lowest BCUT2D eigenvalue weighted by Crippen LogP contribution is -2.36. The lowest BCUT2D eigenvalue weighted by Gasteiger charge is -2.29. The molecule has 8 nitrogen and oxygen atoms in total. The number of carbonyl (C=O) groups is 1. The summed E-state index contributed by atoms with van der Waals surface area (Å²) in [4.78, 5) is 17.2. The summed E-state index contributed by atoms with van der Waals surface area (Å²) in [5.41, 5.74) is 5.04. The van der Waals surface area contributed by atoms with Crippen LogP contribution in [0.2, 0.25) is 0 Å². The molecule has 2 bridgehead atoms. The van der Waals surface area contributed by atoms with E-state index in [0.29, 0.717) is 45.0 Å². The maximum absolute atomic E-state index is 12.9. The van der Waals surface area contributed by atoms with E-state index in [0.717, 1.165) is 54.4 Å². The Kier molecular flexibility index (Phi) is 10.0. The van der Waals surface area contributed by atoms with Crippen molar-refractivity contribution in [3.63, 3.8) is 0 Å². The largest absolute Gasteiger partial charge is 0.491 e. The van der Waals surface area contributed by atoms with E-state index in [4.69, 9.17) is 14.2 Å². The summed E-state index contributed by atoms with van der Waals surface area (Å²) in [5.74, 6) is 0.687. The average Bonchev–Trinajstić information content (AvgIpc) is 2.96. The van der Waals surface area contributed by atoms with Crippen LogP contribution < -0.4 is 19.7 Å². The maximum atomic E-state index is 12.9. The Hall–Kier alpha value is -3.73. The van der Waals surface area contributed by atoms with Gasteiger partial charge in [0.25, 0.3) is 0 Å². The van der Waals surface area contributed by atoms with E-state index in [1.807, 2.05) is 11.0 Å².